The monoisotopic (exact) mass is 361 g/mol. The molecule has 7 nitrogen and oxygen atoms in total. The van der Waals surface area contributed by atoms with Crippen molar-refractivity contribution in [2.75, 3.05) is 19.5 Å². The molecule has 7 heteroatoms. The van der Waals surface area contributed by atoms with Crippen molar-refractivity contribution < 1.29 is 9.47 Å². The van der Waals surface area contributed by atoms with Crippen molar-refractivity contribution in [3.63, 3.8) is 0 Å². The van der Waals surface area contributed by atoms with Crippen LogP contribution in [0.1, 0.15) is 5.56 Å². The first-order valence-electron chi connectivity index (χ1n) is 8.49. The summed E-state index contributed by atoms with van der Waals surface area (Å²) in [6.45, 7) is 0.626. The molecule has 3 heterocycles. The van der Waals surface area contributed by atoms with Gasteiger partial charge in [0.05, 0.1) is 14.2 Å². The van der Waals surface area contributed by atoms with E-state index < -0.39 is 0 Å². The molecule has 4 rings (SSSR count). The van der Waals surface area contributed by atoms with Crippen molar-refractivity contribution in [1.29, 1.82) is 0 Å². The van der Waals surface area contributed by atoms with Crippen molar-refractivity contribution in [1.82, 2.24) is 19.6 Å². The minimum Gasteiger partial charge on any atom is -0.496 e. The Hall–Kier alpha value is -3.61. The molecule has 0 aliphatic carbocycles. The molecule has 4 aromatic rings. The van der Waals surface area contributed by atoms with Gasteiger partial charge >= 0.3 is 0 Å². The lowest BCUT2D eigenvalue weighted by atomic mass is 10.1. The van der Waals surface area contributed by atoms with Crippen LogP contribution in [0.25, 0.3) is 16.8 Å². The normalized spacial score (nSPS) is 10.7. The summed E-state index contributed by atoms with van der Waals surface area (Å²) < 4.78 is 12.5. The molecule has 3 aromatic heterocycles. The largest absolute Gasteiger partial charge is 0.496 e. The smallest absolute Gasteiger partial charge is 0.212 e. The molecule has 0 atom stereocenters. The summed E-state index contributed by atoms with van der Waals surface area (Å²) >= 11 is 0. The Balaban J connectivity index is 1.65. The molecule has 27 heavy (non-hydrogen) atoms. The summed E-state index contributed by atoms with van der Waals surface area (Å²) in [5, 5.41) is 11.8. The Kier molecular flexibility index (Phi) is 4.57. The molecule has 0 radical (unpaired) electrons. The van der Waals surface area contributed by atoms with Gasteiger partial charge in [-0.1, -0.05) is 18.2 Å². The van der Waals surface area contributed by atoms with E-state index in [9.17, 15) is 0 Å². The van der Waals surface area contributed by atoms with E-state index in [1.54, 1.807) is 26.7 Å². The van der Waals surface area contributed by atoms with Gasteiger partial charge in [-0.3, -0.25) is 4.40 Å². The number of aromatic nitrogens is 4. The molecule has 0 spiro atoms. The number of fused-ring (bicyclic) bond motifs is 1. The molecule has 0 unspecified atom stereocenters. The second-order valence-electron chi connectivity index (χ2n) is 5.91. The van der Waals surface area contributed by atoms with Crippen LogP contribution in [-0.4, -0.2) is 33.8 Å². The van der Waals surface area contributed by atoms with E-state index in [0.29, 0.717) is 12.4 Å². The third-order valence-electron chi connectivity index (χ3n) is 4.37. The van der Waals surface area contributed by atoms with E-state index in [-0.39, 0.29) is 0 Å². The number of hydrogen-bond acceptors (Lipinski definition) is 6. The summed E-state index contributed by atoms with van der Waals surface area (Å²) in [5.41, 5.74) is 3.73. The van der Waals surface area contributed by atoms with Crippen LogP contribution in [0.3, 0.4) is 0 Å². The molecule has 0 amide bonds. The second kappa shape index (κ2) is 7.33. The van der Waals surface area contributed by atoms with Gasteiger partial charge in [0.1, 0.15) is 17.9 Å². The Bertz CT molecular complexity index is 1060. The average molecular weight is 361 g/mol. The Morgan fingerprint density at radius 1 is 1.00 bits per heavy atom. The van der Waals surface area contributed by atoms with E-state index >= 15 is 0 Å². The predicted octanol–water partition coefficient (Wildman–Crippen LogP) is 3.42. The standard InChI is InChI=1S/C20H19N5O2/c1-26-17-6-4-3-5-15(17)12-21-18-9-8-16(20-24-23-13-25(18)20)14-7-10-19(27-2)22-11-14/h3-11,13,21H,12H2,1-2H3. The van der Waals surface area contributed by atoms with E-state index in [2.05, 4.69) is 20.5 Å². The predicted molar refractivity (Wildman–Crippen MR) is 103 cm³/mol. The van der Waals surface area contributed by atoms with Crippen LogP contribution >= 0.6 is 0 Å². The Morgan fingerprint density at radius 2 is 1.89 bits per heavy atom. The van der Waals surface area contributed by atoms with Gasteiger partial charge in [0.15, 0.2) is 5.65 Å². The summed E-state index contributed by atoms with van der Waals surface area (Å²) in [6, 6.07) is 15.7. The number of methoxy groups -OCH3 is 2. The average Bonchev–Trinajstić information content (AvgIpc) is 3.22. The molecular formula is C20H19N5O2. The minimum atomic E-state index is 0.575. The quantitative estimate of drug-likeness (QED) is 0.567. The third kappa shape index (κ3) is 3.27. The maximum atomic E-state index is 5.41. The van der Waals surface area contributed by atoms with E-state index in [1.165, 1.54) is 0 Å². The van der Waals surface area contributed by atoms with Gasteiger partial charge in [0, 0.05) is 35.5 Å². The number of rotatable bonds is 6. The van der Waals surface area contributed by atoms with Crippen LogP contribution in [0.15, 0.2) is 61.1 Å². The van der Waals surface area contributed by atoms with Crippen molar-refractivity contribution >= 4 is 11.5 Å². The highest BCUT2D eigenvalue weighted by molar-refractivity contribution is 5.78. The molecule has 1 N–H and O–H groups in total. The molecule has 0 aliphatic rings. The zero-order chi connectivity index (χ0) is 18.6. The molecule has 1 aromatic carbocycles. The molecule has 0 bridgehead atoms. The van der Waals surface area contributed by atoms with Crippen LogP contribution in [0, 0.1) is 0 Å². The number of anilines is 1. The van der Waals surface area contributed by atoms with E-state index in [0.717, 1.165) is 33.9 Å². The molecule has 0 saturated heterocycles. The van der Waals surface area contributed by atoms with Gasteiger partial charge in [-0.15, -0.1) is 10.2 Å². The van der Waals surface area contributed by atoms with Crippen molar-refractivity contribution in [2.24, 2.45) is 0 Å². The number of para-hydroxylation sites is 1. The maximum Gasteiger partial charge on any atom is 0.212 e. The van der Waals surface area contributed by atoms with E-state index in [1.807, 2.05) is 52.9 Å². The number of pyridine rings is 2. The summed E-state index contributed by atoms with van der Waals surface area (Å²) in [7, 11) is 3.27. The number of ether oxygens (including phenoxy) is 2. The second-order valence-corrected chi connectivity index (χ2v) is 5.91. The van der Waals surface area contributed by atoms with E-state index in [4.69, 9.17) is 9.47 Å². The first-order chi connectivity index (χ1) is 13.3. The number of nitrogens with one attached hydrogen (secondary N) is 1. The lowest BCUT2D eigenvalue weighted by Crippen LogP contribution is -2.05. The van der Waals surface area contributed by atoms with Crippen molar-refractivity contribution in [3.8, 4) is 22.8 Å². The van der Waals surface area contributed by atoms with Crippen LogP contribution < -0.4 is 14.8 Å². The van der Waals surface area contributed by atoms with Gasteiger partial charge in [-0.2, -0.15) is 0 Å². The van der Waals surface area contributed by atoms with Gasteiger partial charge in [-0.05, 0) is 24.3 Å². The molecule has 0 fully saturated rings. The summed E-state index contributed by atoms with van der Waals surface area (Å²) in [5.74, 6) is 2.32. The number of benzene rings is 1. The first-order valence-corrected chi connectivity index (χ1v) is 8.49. The van der Waals surface area contributed by atoms with Crippen molar-refractivity contribution in [3.05, 3.63) is 66.6 Å². The number of nitrogens with zero attached hydrogens (tertiary/aromatic N) is 4. The fraction of sp³-hybridized carbons (Fsp3) is 0.150. The van der Waals surface area contributed by atoms with Crippen LogP contribution in [-0.2, 0) is 6.54 Å². The SMILES string of the molecule is COc1ccc(-c2ccc(NCc3ccccc3OC)n3cnnc23)cn1. The fourth-order valence-electron chi connectivity index (χ4n) is 2.98. The highest BCUT2D eigenvalue weighted by Crippen LogP contribution is 2.27. The minimum absolute atomic E-state index is 0.575. The van der Waals surface area contributed by atoms with Crippen LogP contribution in [0.4, 0.5) is 5.82 Å². The topological polar surface area (TPSA) is 73.6 Å². The highest BCUT2D eigenvalue weighted by Gasteiger charge is 2.11. The van der Waals surface area contributed by atoms with Gasteiger partial charge in [0.25, 0.3) is 0 Å². The summed E-state index contributed by atoms with van der Waals surface area (Å²) in [6.07, 6.45) is 3.46. The molecule has 0 saturated carbocycles. The van der Waals surface area contributed by atoms with Gasteiger partial charge in [-0.25, -0.2) is 4.98 Å². The van der Waals surface area contributed by atoms with Crippen LogP contribution in [0.5, 0.6) is 11.6 Å². The van der Waals surface area contributed by atoms with Gasteiger partial charge < -0.3 is 14.8 Å². The van der Waals surface area contributed by atoms with Crippen molar-refractivity contribution in [2.45, 2.75) is 6.54 Å². The Labute approximate surface area is 156 Å². The number of hydrogen-bond donors (Lipinski definition) is 1. The lowest BCUT2D eigenvalue weighted by Gasteiger charge is -2.13. The Morgan fingerprint density at radius 3 is 2.67 bits per heavy atom. The highest BCUT2D eigenvalue weighted by atomic mass is 16.5. The van der Waals surface area contributed by atoms with Gasteiger partial charge in [0.2, 0.25) is 5.88 Å². The third-order valence-corrected chi connectivity index (χ3v) is 4.37. The maximum absolute atomic E-state index is 5.41. The molecule has 136 valence electrons. The zero-order valence-electron chi connectivity index (χ0n) is 15.1. The zero-order valence-corrected chi connectivity index (χ0v) is 15.1. The molecular weight excluding hydrogens is 342 g/mol. The lowest BCUT2D eigenvalue weighted by molar-refractivity contribution is 0.398. The molecule has 0 aliphatic heterocycles. The summed E-state index contributed by atoms with van der Waals surface area (Å²) in [4.78, 5) is 4.27. The fourth-order valence-corrected chi connectivity index (χ4v) is 2.98. The first kappa shape index (κ1) is 16.8. The van der Waals surface area contributed by atoms with Crippen LogP contribution in [0.2, 0.25) is 0 Å².